The van der Waals surface area contributed by atoms with Crippen LogP contribution in [0.5, 0.6) is 17.2 Å². The van der Waals surface area contributed by atoms with E-state index in [0.717, 1.165) is 23.3 Å². The predicted molar refractivity (Wildman–Crippen MR) is 114 cm³/mol. The number of benzene rings is 2. The summed E-state index contributed by atoms with van der Waals surface area (Å²) in [6.07, 6.45) is 2.42. The van der Waals surface area contributed by atoms with Crippen LogP contribution in [0.1, 0.15) is 29.4 Å². The largest absolute Gasteiger partial charge is 0.493 e. The van der Waals surface area contributed by atoms with Crippen LogP contribution in [0.4, 0.5) is 0 Å². The van der Waals surface area contributed by atoms with Crippen molar-refractivity contribution in [2.24, 2.45) is 5.10 Å². The van der Waals surface area contributed by atoms with E-state index in [0.29, 0.717) is 29.5 Å². The number of aromatic amines is 1. The molecule has 1 amide bonds. The van der Waals surface area contributed by atoms with Gasteiger partial charge in [0, 0.05) is 5.56 Å². The lowest BCUT2D eigenvalue weighted by molar-refractivity contribution is 0.0950. The van der Waals surface area contributed by atoms with Gasteiger partial charge in [-0.2, -0.15) is 10.2 Å². The number of carbonyl (C=O) groups is 1. The van der Waals surface area contributed by atoms with Gasteiger partial charge in [0.15, 0.2) is 11.5 Å². The van der Waals surface area contributed by atoms with Gasteiger partial charge < -0.3 is 14.2 Å². The molecule has 0 spiro atoms. The number of hydrazone groups is 1. The van der Waals surface area contributed by atoms with E-state index in [2.05, 4.69) is 20.7 Å². The zero-order valence-electron chi connectivity index (χ0n) is 17.1. The van der Waals surface area contributed by atoms with Crippen LogP contribution < -0.4 is 19.6 Å². The zero-order chi connectivity index (χ0) is 21.3. The summed E-state index contributed by atoms with van der Waals surface area (Å²) in [6, 6.07) is 14.6. The summed E-state index contributed by atoms with van der Waals surface area (Å²) >= 11 is 0. The van der Waals surface area contributed by atoms with Crippen molar-refractivity contribution in [3.63, 3.8) is 0 Å². The molecule has 2 aromatic carbocycles. The lowest BCUT2D eigenvalue weighted by Gasteiger charge is -2.08. The zero-order valence-corrected chi connectivity index (χ0v) is 17.1. The molecule has 0 atom stereocenters. The third kappa shape index (κ3) is 4.96. The van der Waals surface area contributed by atoms with Gasteiger partial charge >= 0.3 is 0 Å². The highest BCUT2D eigenvalue weighted by atomic mass is 16.5. The maximum Gasteiger partial charge on any atom is 0.289 e. The molecular formula is C22H24N4O4. The fourth-order valence-electron chi connectivity index (χ4n) is 2.75. The van der Waals surface area contributed by atoms with Gasteiger partial charge in [0.05, 0.1) is 32.7 Å². The molecule has 1 aromatic heterocycles. The normalized spacial score (nSPS) is 10.8. The Morgan fingerprint density at radius 3 is 2.67 bits per heavy atom. The second-order valence-corrected chi connectivity index (χ2v) is 6.33. The molecule has 30 heavy (non-hydrogen) atoms. The molecule has 3 rings (SSSR count). The number of hydrogen-bond acceptors (Lipinski definition) is 6. The second kappa shape index (κ2) is 10.1. The molecule has 3 aromatic rings. The standard InChI is InChI=1S/C22H24N4O4/c1-4-11-30-19-8-6-5-7-16(19)17-13-18(25-24-17)22(27)26-23-14-15-9-10-20(28-2)21(12-15)29-3/h5-10,12-14H,4,11H2,1-3H3,(H,24,25)(H,26,27)/b23-14+. The van der Waals surface area contributed by atoms with Crippen molar-refractivity contribution >= 4 is 12.1 Å². The van der Waals surface area contributed by atoms with Crippen LogP contribution in [0, 0.1) is 0 Å². The Balaban J connectivity index is 1.68. The van der Waals surface area contributed by atoms with Crippen LogP contribution in [0.25, 0.3) is 11.3 Å². The molecule has 0 aliphatic carbocycles. The quantitative estimate of drug-likeness (QED) is 0.416. The number of nitrogens with one attached hydrogen (secondary N) is 2. The van der Waals surface area contributed by atoms with Crippen molar-refractivity contribution in [1.29, 1.82) is 0 Å². The van der Waals surface area contributed by atoms with E-state index in [-0.39, 0.29) is 0 Å². The molecule has 0 bridgehead atoms. The van der Waals surface area contributed by atoms with Crippen molar-refractivity contribution in [3.8, 4) is 28.5 Å². The van der Waals surface area contributed by atoms with Crippen LogP contribution in [0.15, 0.2) is 53.6 Å². The van der Waals surface area contributed by atoms with Crippen LogP contribution >= 0.6 is 0 Å². The molecule has 8 nitrogen and oxygen atoms in total. The van der Waals surface area contributed by atoms with Gasteiger partial charge in [-0.05, 0) is 48.4 Å². The Hall–Kier alpha value is -3.81. The number of rotatable bonds is 9. The first-order chi connectivity index (χ1) is 14.7. The second-order valence-electron chi connectivity index (χ2n) is 6.33. The fourth-order valence-corrected chi connectivity index (χ4v) is 2.75. The molecule has 0 saturated carbocycles. The summed E-state index contributed by atoms with van der Waals surface area (Å²) in [5.74, 6) is 1.52. The minimum Gasteiger partial charge on any atom is -0.493 e. The number of methoxy groups -OCH3 is 2. The molecule has 0 aliphatic rings. The Morgan fingerprint density at radius 1 is 1.10 bits per heavy atom. The molecule has 156 valence electrons. The van der Waals surface area contributed by atoms with E-state index in [1.807, 2.05) is 31.2 Å². The van der Waals surface area contributed by atoms with Gasteiger partial charge in [-0.25, -0.2) is 5.43 Å². The van der Waals surface area contributed by atoms with Crippen molar-refractivity contribution in [3.05, 3.63) is 59.8 Å². The first-order valence-electron chi connectivity index (χ1n) is 9.49. The van der Waals surface area contributed by atoms with E-state index in [9.17, 15) is 4.79 Å². The Kier molecular flexibility index (Phi) is 7.05. The van der Waals surface area contributed by atoms with Gasteiger partial charge in [-0.1, -0.05) is 19.1 Å². The summed E-state index contributed by atoms with van der Waals surface area (Å²) in [4.78, 5) is 12.4. The number of hydrogen-bond donors (Lipinski definition) is 2. The number of carbonyl (C=O) groups excluding carboxylic acids is 1. The molecule has 0 aliphatic heterocycles. The van der Waals surface area contributed by atoms with Gasteiger partial charge in [-0.15, -0.1) is 0 Å². The molecule has 0 saturated heterocycles. The topological polar surface area (TPSA) is 97.8 Å². The molecule has 2 N–H and O–H groups in total. The van der Waals surface area contributed by atoms with Crippen LogP contribution in [-0.2, 0) is 0 Å². The molecule has 1 heterocycles. The first-order valence-corrected chi connectivity index (χ1v) is 9.49. The number of amides is 1. The number of para-hydroxylation sites is 1. The van der Waals surface area contributed by atoms with Crippen LogP contribution in [0.2, 0.25) is 0 Å². The SMILES string of the molecule is CCCOc1ccccc1-c1cc(C(=O)N/N=C/c2ccc(OC)c(OC)c2)[nH]n1. The van der Waals surface area contributed by atoms with E-state index in [4.69, 9.17) is 14.2 Å². The lowest BCUT2D eigenvalue weighted by Crippen LogP contribution is -2.18. The summed E-state index contributed by atoms with van der Waals surface area (Å²) < 4.78 is 16.2. The van der Waals surface area contributed by atoms with Gasteiger partial charge in [0.1, 0.15) is 11.4 Å². The maximum atomic E-state index is 12.4. The highest BCUT2D eigenvalue weighted by Crippen LogP contribution is 2.29. The Bertz CT molecular complexity index is 1030. The van der Waals surface area contributed by atoms with Gasteiger partial charge in [-0.3, -0.25) is 9.89 Å². The fraction of sp³-hybridized carbons (Fsp3) is 0.227. The summed E-state index contributed by atoms with van der Waals surface area (Å²) in [7, 11) is 3.13. The lowest BCUT2D eigenvalue weighted by atomic mass is 10.1. The monoisotopic (exact) mass is 408 g/mol. The third-order valence-electron chi connectivity index (χ3n) is 4.23. The smallest absolute Gasteiger partial charge is 0.289 e. The Labute approximate surface area is 174 Å². The van der Waals surface area contributed by atoms with E-state index in [1.165, 1.54) is 6.21 Å². The first kappa shape index (κ1) is 20.9. The number of aromatic nitrogens is 2. The van der Waals surface area contributed by atoms with Gasteiger partial charge in [0.25, 0.3) is 5.91 Å². The average Bonchev–Trinajstić information content (AvgIpc) is 3.28. The predicted octanol–water partition coefficient (Wildman–Crippen LogP) is 3.65. The molecule has 0 unspecified atom stereocenters. The summed E-state index contributed by atoms with van der Waals surface area (Å²) in [5.41, 5.74) is 4.96. The minimum atomic E-state index is -0.405. The van der Waals surface area contributed by atoms with E-state index >= 15 is 0 Å². The summed E-state index contributed by atoms with van der Waals surface area (Å²) in [5, 5.41) is 11.0. The van der Waals surface area contributed by atoms with Crippen LogP contribution in [0.3, 0.4) is 0 Å². The molecule has 0 radical (unpaired) electrons. The number of ether oxygens (including phenoxy) is 3. The van der Waals surface area contributed by atoms with Gasteiger partial charge in [0.2, 0.25) is 0 Å². The van der Waals surface area contributed by atoms with Crippen molar-refractivity contribution < 1.29 is 19.0 Å². The highest BCUT2D eigenvalue weighted by Gasteiger charge is 2.13. The minimum absolute atomic E-state index is 0.291. The van der Waals surface area contributed by atoms with Crippen molar-refractivity contribution in [1.82, 2.24) is 15.6 Å². The molecule has 8 heteroatoms. The number of H-pyrrole nitrogens is 1. The van der Waals surface area contributed by atoms with E-state index in [1.54, 1.807) is 38.5 Å². The highest BCUT2D eigenvalue weighted by molar-refractivity contribution is 5.94. The average molecular weight is 408 g/mol. The third-order valence-corrected chi connectivity index (χ3v) is 4.23. The van der Waals surface area contributed by atoms with Crippen LogP contribution in [-0.4, -0.2) is 43.1 Å². The number of nitrogens with zero attached hydrogens (tertiary/aromatic N) is 2. The van der Waals surface area contributed by atoms with Crippen molar-refractivity contribution in [2.45, 2.75) is 13.3 Å². The maximum absolute atomic E-state index is 12.4. The van der Waals surface area contributed by atoms with Crippen molar-refractivity contribution in [2.75, 3.05) is 20.8 Å². The summed E-state index contributed by atoms with van der Waals surface area (Å²) in [6.45, 7) is 2.65. The molecule has 0 fully saturated rings. The van der Waals surface area contributed by atoms with E-state index < -0.39 is 5.91 Å². The Morgan fingerprint density at radius 2 is 1.90 bits per heavy atom. The molecular weight excluding hydrogens is 384 g/mol.